The largest absolute Gasteiger partial charge is 0.490 e. The van der Waals surface area contributed by atoms with Crippen molar-refractivity contribution < 1.29 is 26.9 Å². The van der Waals surface area contributed by atoms with Crippen LogP contribution in [0, 0.1) is 13.8 Å². The number of benzene rings is 3. The van der Waals surface area contributed by atoms with Crippen LogP contribution in [0.25, 0.3) is 6.08 Å². The third-order valence-electron chi connectivity index (χ3n) is 5.54. The van der Waals surface area contributed by atoms with Gasteiger partial charge >= 0.3 is 10.1 Å². The van der Waals surface area contributed by atoms with E-state index in [0.29, 0.717) is 5.56 Å². The lowest BCUT2D eigenvalue weighted by Crippen LogP contribution is -2.27. The summed E-state index contributed by atoms with van der Waals surface area (Å²) < 4.78 is 36.5. The van der Waals surface area contributed by atoms with Crippen molar-refractivity contribution in [1.29, 1.82) is 0 Å². The number of rotatable bonds is 8. The number of thioether (sulfide) groups is 1. The summed E-state index contributed by atoms with van der Waals surface area (Å²) in [5.74, 6) is -0.142. The summed E-state index contributed by atoms with van der Waals surface area (Å²) in [6.45, 7) is 6.03. The molecule has 1 saturated heterocycles. The van der Waals surface area contributed by atoms with Crippen LogP contribution in [0.15, 0.2) is 76.5 Å². The fourth-order valence-electron chi connectivity index (χ4n) is 3.57. The lowest BCUT2D eigenvalue weighted by atomic mass is 10.1. The smallest absolute Gasteiger partial charge is 0.339 e. The molecule has 186 valence electrons. The van der Waals surface area contributed by atoms with Crippen LogP contribution in [0.1, 0.15) is 29.2 Å². The number of aryl methyl sites for hydroxylation is 2. The number of imide groups is 1. The quantitative estimate of drug-likeness (QED) is 0.276. The Labute approximate surface area is 214 Å². The van der Waals surface area contributed by atoms with Gasteiger partial charge in [-0.1, -0.05) is 48.0 Å². The monoisotopic (exact) mass is 523 g/mol. The predicted molar refractivity (Wildman–Crippen MR) is 139 cm³/mol. The molecule has 1 heterocycles. The van der Waals surface area contributed by atoms with Crippen molar-refractivity contribution in [3.63, 3.8) is 0 Å². The molecular formula is C27H25NO6S2. The summed E-state index contributed by atoms with van der Waals surface area (Å²) in [5, 5.41) is -0.344. The van der Waals surface area contributed by atoms with E-state index in [2.05, 4.69) is 0 Å². The summed E-state index contributed by atoms with van der Waals surface area (Å²) in [6.07, 6.45) is 1.59. The Balaban J connectivity index is 1.58. The molecular weight excluding hydrogens is 498 g/mol. The molecule has 1 aliphatic heterocycles. The Hall–Kier alpha value is -3.56. The van der Waals surface area contributed by atoms with E-state index in [0.717, 1.165) is 28.5 Å². The summed E-state index contributed by atoms with van der Waals surface area (Å²) in [4.78, 5) is 27.0. The van der Waals surface area contributed by atoms with Crippen LogP contribution in [0.3, 0.4) is 0 Å². The van der Waals surface area contributed by atoms with Crippen molar-refractivity contribution in [2.75, 3.05) is 6.61 Å². The van der Waals surface area contributed by atoms with Crippen LogP contribution in [0.2, 0.25) is 0 Å². The first-order valence-electron chi connectivity index (χ1n) is 11.3. The second-order valence-corrected chi connectivity index (χ2v) is 10.7. The maximum Gasteiger partial charge on any atom is 0.339 e. The van der Waals surface area contributed by atoms with Crippen molar-refractivity contribution in [3.8, 4) is 11.5 Å². The van der Waals surface area contributed by atoms with Gasteiger partial charge in [-0.25, -0.2) is 0 Å². The maximum atomic E-state index is 13.0. The van der Waals surface area contributed by atoms with Crippen LogP contribution in [0.4, 0.5) is 4.79 Å². The van der Waals surface area contributed by atoms with E-state index in [1.807, 2.05) is 38.1 Å². The first-order valence-corrected chi connectivity index (χ1v) is 13.5. The van der Waals surface area contributed by atoms with Gasteiger partial charge in [0.2, 0.25) is 0 Å². The van der Waals surface area contributed by atoms with Gasteiger partial charge < -0.3 is 8.92 Å². The van der Waals surface area contributed by atoms with E-state index in [4.69, 9.17) is 8.92 Å². The molecule has 0 aliphatic carbocycles. The SMILES string of the molecule is CCOc1cc(/C=C2\SC(=O)N(Cc3ccccc3C)C2=O)ccc1OS(=O)(=O)c1ccc(C)cc1. The molecule has 0 aromatic heterocycles. The number of ether oxygens (including phenoxy) is 1. The van der Waals surface area contributed by atoms with Crippen LogP contribution in [-0.2, 0) is 21.5 Å². The number of nitrogens with zero attached hydrogens (tertiary/aromatic N) is 1. The Morgan fingerprint density at radius 1 is 0.944 bits per heavy atom. The predicted octanol–water partition coefficient (Wildman–Crippen LogP) is 5.71. The molecule has 3 aromatic carbocycles. The normalized spacial score (nSPS) is 15.0. The van der Waals surface area contributed by atoms with E-state index in [9.17, 15) is 18.0 Å². The van der Waals surface area contributed by atoms with Crippen LogP contribution < -0.4 is 8.92 Å². The van der Waals surface area contributed by atoms with E-state index >= 15 is 0 Å². The Morgan fingerprint density at radius 2 is 1.67 bits per heavy atom. The highest BCUT2D eigenvalue weighted by Crippen LogP contribution is 2.36. The van der Waals surface area contributed by atoms with E-state index in [1.165, 1.54) is 23.1 Å². The van der Waals surface area contributed by atoms with Gasteiger partial charge in [0.15, 0.2) is 11.5 Å². The van der Waals surface area contributed by atoms with Gasteiger partial charge in [-0.2, -0.15) is 8.42 Å². The van der Waals surface area contributed by atoms with Crippen LogP contribution in [0.5, 0.6) is 11.5 Å². The highest BCUT2D eigenvalue weighted by Gasteiger charge is 2.35. The first-order chi connectivity index (χ1) is 17.2. The molecule has 2 amide bonds. The Morgan fingerprint density at radius 3 is 2.36 bits per heavy atom. The highest BCUT2D eigenvalue weighted by molar-refractivity contribution is 8.18. The van der Waals surface area contributed by atoms with Gasteiger partial charge in [-0.3, -0.25) is 14.5 Å². The number of amides is 2. The number of hydrogen-bond acceptors (Lipinski definition) is 7. The molecule has 7 nitrogen and oxygen atoms in total. The number of carbonyl (C=O) groups is 2. The molecule has 0 radical (unpaired) electrons. The summed E-state index contributed by atoms with van der Waals surface area (Å²) in [7, 11) is -4.07. The van der Waals surface area contributed by atoms with E-state index in [-0.39, 0.29) is 45.6 Å². The zero-order chi connectivity index (χ0) is 25.9. The molecule has 0 atom stereocenters. The molecule has 1 fully saturated rings. The van der Waals surface area contributed by atoms with E-state index < -0.39 is 10.1 Å². The molecule has 0 spiro atoms. The fraction of sp³-hybridized carbons (Fsp3) is 0.185. The molecule has 9 heteroatoms. The summed E-state index contributed by atoms with van der Waals surface area (Å²) >= 11 is 0.864. The standard InChI is InChI=1S/C27H25NO6S2/c1-4-33-24-15-20(11-14-23(24)34-36(31,32)22-12-9-18(2)10-13-22)16-25-26(29)28(27(30)35-25)17-21-8-6-5-7-19(21)3/h5-16H,4,17H2,1-3H3/b25-16-. The zero-order valence-electron chi connectivity index (χ0n) is 20.1. The highest BCUT2D eigenvalue weighted by atomic mass is 32.2. The Bertz CT molecular complexity index is 1450. The fourth-order valence-corrected chi connectivity index (χ4v) is 5.35. The minimum absolute atomic E-state index is 0.0296. The van der Waals surface area contributed by atoms with Gasteiger partial charge in [-0.05, 0) is 79.6 Å². The topological polar surface area (TPSA) is 90.0 Å². The van der Waals surface area contributed by atoms with Crippen molar-refractivity contribution in [1.82, 2.24) is 4.90 Å². The minimum atomic E-state index is -4.07. The molecule has 1 aliphatic rings. The Kier molecular flexibility index (Phi) is 7.51. The summed E-state index contributed by atoms with van der Waals surface area (Å²) in [5.41, 5.74) is 3.39. The van der Waals surface area contributed by atoms with Crippen molar-refractivity contribution in [2.45, 2.75) is 32.2 Å². The minimum Gasteiger partial charge on any atom is -0.490 e. The maximum absolute atomic E-state index is 13.0. The molecule has 3 aromatic rings. The third-order valence-corrected chi connectivity index (χ3v) is 7.69. The van der Waals surface area contributed by atoms with Gasteiger partial charge in [-0.15, -0.1) is 0 Å². The molecule has 0 bridgehead atoms. The lowest BCUT2D eigenvalue weighted by Gasteiger charge is -2.14. The van der Waals surface area contributed by atoms with Gasteiger partial charge in [0, 0.05) is 0 Å². The number of carbonyl (C=O) groups excluding carboxylic acids is 2. The second-order valence-electron chi connectivity index (χ2n) is 8.18. The van der Waals surface area contributed by atoms with Gasteiger partial charge in [0.05, 0.1) is 18.1 Å². The molecule has 0 saturated carbocycles. The summed E-state index contributed by atoms with van der Waals surface area (Å²) in [6, 6.07) is 18.6. The van der Waals surface area contributed by atoms with Crippen LogP contribution >= 0.6 is 11.8 Å². The van der Waals surface area contributed by atoms with Gasteiger partial charge in [0.25, 0.3) is 11.1 Å². The lowest BCUT2D eigenvalue weighted by molar-refractivity contribution is -0.123. The van der Waals surface area contributed by atoms with Crippen molar-refractivity contribution in [2.24, 2.45) is 0 Å². The average Bonchev–Trinajstić information content (AvgIpc) is 3.09. The first kappa shape index (κ1) is 25.5. The molecule has 4 rings (SSSR count). The molecule has 0 N–H and O–H groups in total. The molecule has 36 heavy (non-hydrogen) atoms. The zero-order valence-corrected chi connectivity index (χ0v) is 21.7. The molecule has 0 unspecified atom stereocenters. The van der Waals surface area contributed by atoms with Crippen molar-refractivity contribution >= 4 is 39.1 Å². The van der Waals surface area contributed by atoms with Crippen LogP contribution in [-0.4, -0.2) is 31.1 Å². The number of hydrogen-bond donors (Lipinski definition) is 0. The van der Waals surface area contributed by atoms with Crippen molar-refractivity contribution in [3.05, 3.63) is 93.9 Å². The van der Waals surface area contributed by atoms with E-state index in [1.54, 1.807) is 37.3 Å². The second kappa shape index (κ2) is 10.6. The van der Waals surface area contributed by atoms with Gasteiger partial charge in [0.1, 0.15) is 4.90 Å². The third kappa shape index (κ3) is 5.63. The average molecular weight is 524 g/mol.